The van der Waals surface area contributed by atoms with E-state index in [0.29, 0.717) is 11.2 Å². The lowest BCUT2D eigenvalue weighted by Gasteiger charge is -2.28. The second kappa shape index (κ2) is 8.71. The highest BCUT2D eigenvalue weighted by Crippen LogP contribution is 2.54. The minimum Gasteiger partial charge on any atom is -0.598 e. The molecule has 1 aliphatic heterocycles. The maximum Gasteiger partial charge on any atom is 0.268 e. The van der Waals surface area contributed by atoms with Crippen molar-refractivity contribution in [3.05, 3.63) is 82.5 Å². The molecule has 0 amide bonds. The van der Waals surface area contributed by atoms with E-state index in [0.717, 1.165) is 47.2 Å². The molecule has 0 saturated heterocycles. The molecule has 6 rings (SSSR count). The molecule has 4 aromatic rings. The van der Waals surface area contributed by atoms with Crippen molar-refractivity contribution in [2.75, 3.05) is 0 Å². The number of nitrogens with zero attached hydrogens (tertiary/aromatic N) is 3. The number of nitrogens with one attached hydrogen (secondary N) is 1. The molecule has 0 bridgehead atoms. The van der Waals surface area contributed by atoms with Gasteiger partial charge in [0.2, 0.25) is 0 Å². The van der Waals surface area contributed by atoms with Crippen LogP contribution in [0.3, 0.4) is 0 Å². The Morgan fingerprint density at radius 2 is 1.76 bits per heavy atom. The first-order valence-corrected chi connectivity index (χ1v) is 15.8. The van der Waals surface area contributed by atoms with Crippen molar-refractivity contribution in [3.63, 3.8) is 0 Å². The van der Waals surface area contributed by atoms with Crippen LogP contribution in [0.1, 0.15) is 63.2 Å². The van der Waals surface area contributed by atoms with Gasteiger partial charge in [-0.2, -0.15) is 0 Å². The first-order chi connectivity index (χ1) is 17.5. The van der Waals surface area contributed by atoms with Crippen LogP contribution in [0.4, 0.5) is 0 Å². The summed E-state index contributed by atoms with van der Waals surface area (Å²) < 4.78 is 48.9. The molecule has 1 aliphatic carbocycles. The number of fused-ring (bicyclic) bond motifs is 3. The Morgan fingerprint density at radius 3 is 2.43 bits per heavy atom. The number of para-hydroxylation sites is 1. The van der Waals surface area contributed by atoms with Crippen LogP contribution in [0.15, 0.2) is 70.3 Å². The van der Waals surface area contributed by atoms with E-state index in [-0.39, 0.29) is 10.4 Å². The summed E-state index contributed by atoms with van der Waals surface area (Å²) in [5.41, 5.74) is 2.97. The van der Waals surface area contributed by atoms with Crippen LogP contribution in [-0.2, 0) is 33.3 Å². The molecule has 0 radical (unpaired) electrons. The molecule has 10 heteroatoms. The van der Waals surface area contributed by atoms with Crippen molar-refractivity contribution < 1.29 is 13.0 Å². The van der Waals surface area contributed by atoms with Crippen LogP contribution in [0.25, 0.3) is 10.9 Å². The highest BCUT2D eigenvalue weighted by atomic mass is 79.9. The van der Waals surface area contributed by atoms with Crippen LogP contribution in [0.5, 0.6) is 0 Å². The summed E-state index contributed by atoms with van der Waals surface area (Å²) in [6.07, 6.45) is 4.11. The smallest absolute Gasteiger partial charge is 0.268 e. The van der Waals surface area contributed by atoms with Gasteiger partial charge in [0.25, 0.3) is 10.0 Å². The normalized spacial score (nSPS) is 18.3. The van der Waals surface area contributed by atoms with Gasteiger partial charge in [0.1, 0.15) is 10.8 Å². The molecular weight excluding hydrogens is 572 g/mol. The average Bonchev–Trinajstić information content (AvgIpc) is 3.22. The second-order valence-corrected chi connectivity index (χ2v) is 15.4. The molecule has 194 valence electrons. The van der Waals surface area contributed by atoms with Crippen molar-refractivity contribution in [2.24, 2.45) is 0 Å². The zero-order chi connectivity index (χ0) is 26.2. The lowest BCUT2D eigenvalue weighted by Crippen LogP contribution is -2.42. The molecule has 1 N–H and O–H groups in total. The van der Waals surface area contributed by atoms with E-state index in [1.807, 2.05) is 51.1 Å². The van der Waals surface area contributed by atoms with Gasteiger partial charge in [-0.25, -0.2) is 17.4 Å². The molecule has 1 unspecified atom stereocenters. The van der Waals surface area contributed by atoms with E-state index >= 15 is 0 Å². The molecule has 1 saturated carbocycles. The van der Waals surface area contributed by atoms with E-state index in [9.17, 15) is 13.0 Å². The minimum absolute atomic E-state index is 0.107. The third kappa shape index (κ3) is 4.08. The van der Waals surface area contributed by atoms with Crippen LogP contribution in [0, 0.1) is 0 Å². The van der Waals surface area contributed by atoms with Crippen LogP contribution in [0.2, 0.25) is 0 Å². The van der Waals surface area contributed by atoms with Crippen molar-refractivity contribution in [2.45, 2.75) is 67.7 Å². The van der Waals surface area contributed by atoms with E-state index in [4.69, 9.17) is 4.98 Å². The van der Waals surface area contributed by atoms with Gasteiger partial charge < -0.3 is 9.12 Å². The van der Waals surface area contributed by atoms with E-state index in [2.05, 4.69) is 25.2 Å². The highest BCUT2D eigenvalue weighted by molar-refractivity contribution is 9.10. The summed E-state index contributed by atoms with van der Waals surface area (Å²) in [5.74, 6) is 0. The fourth-order valence-corrected chi connectivity index (χ4v) is 8.49. The molecular formula is C27H29BrN4O3S2. The Kier molecular flexibility index (Phi) is 5.93. The first-order valence-electron chi connectivity index (χ1n) is 12.4. The minimum atomic E-state index is -3.96. The maximum atomic E-state index is 14.1. The van der Waals surface area contributed by atoms with Crippen LogP contribution < -0.4 is 4.72 Å². The van der Waals surface area contributed by atoms with Crippen LogP contribution in [-0.4, -0.2) is 31.2 Å². The Morgan fingerprint density at radius 1 is 1.08 bits per heavy atom. The summed E-state index contributed by atoms with van der Waals surface area (Å²) >= 11 is 2.20. The number of halogens is 1. The van der Waals surface area contributed by atoms with Gasteiger partial charge in [-0.1, -0.05) is 36.4 Å². The monoisotopic (exact) mass is 600 g/mol. The molecule has 2 atom stereocenters. The Bertz CT molecular complexity index is 1600. The van der Waals surface area contributed by atoms with Gasteiger partial charge in [0.15, 0.2) is 4.73 Å². The van der Waals surface area contributed by atoms with Crippen molar-refractivity contribution in [1.82, 2.24) is 18.2 Å². The zero-order valence-electron chi connectivity index (χ0n) is 20.9. The summed E-state index contributed by atoms with van der Waals surface area (Å²) in [5, 5.41) is 0.791. The third-order valence-electron chi connectivity index (χ3n) is 7.42. The fraction of sp³-hybridized carbons (Fsp3) is 0.370. The zero-order valence-corrected chi connectivity index (χ0v) is 24.2. The largest absolute Gasteiger partial charge is 0.598 e. The van der Waals surface area contributed by atoms with E-state index < -0.39 is 32.2 Å². The number of hydrogen-bond donors (Lipinski definition) is 1. The van der Waals surface area contributed by atoms with Gasteiger partial charge in [0.05, 0.1) is 21.8 Å². The summed E-state index contributed by atoms with van der Waals surface area (Å²) in [7, 11) is -3.96. The molecule has 1 spiro atoms. The molecule has 2 aromatic heterocycles. The SMILES string of the molecule is CC(C)(C)[S+]([O-])N[C@@H](c1nc(Br)n2c1CCC21CC1)c1cc2ccccc2n1S(=O)(=O)c1ccccc1. The molecule has 1 fully saturated rings. The standard InChI is InChI=1S/C27H29BrN4O3S2/c1-26(2,3)36(33)30-24(23-21-13-14-27(15-16-27)31(21)25(28)29-23)22-17-18-9-7-8-12-20(18)32(22)37(34,35)19-10-5-4-6-11-19/h4-12,17,24,30H,13-16H2,1-3H3/t24-,36?/m1/s1. The van der Waals surface area contributed by atoms with E-state index in [1.54, 1.807) is 30.3 Å². The van der Waals surface area contributed by atoms with Gasteiger partial charge in [0, 0.05) is 28.0 Å². The maximum absolute atomic E-state index is 14.1. The second-order valence-electron chi connectivity index (χ2n) is 10.9. The topological polar surface area (TPSA) is 92.0 Å². The van der Waals surface area contributed by atoms with Gasteiger partial charge in [-0.3, -0.25) is 0 Å². The number of benzene rings is 2. The predicted octanol–water partition coefficient (Wildman–Crippen LogP) is 5.41. The van der Waals surface area contributed by atoms with Gasteiger partial charge >= 0.3 is 0 Å². The number of aromatic nitrogens is 3. The number of rotatable bonds is 6. The highest BCUT2D eigenvalue weighted by Gasteiger charge is 2.52. The van der Waals surface area contributed by atoms with Gasteiger partial charge in [-0.15, -0.1) is 4.72 Å². The molecule has 2 aromatic carbocycles. The van der Waals surface area contributed by atoms with Crippen molar-refractivity contribution in [3.8, 4) is 0 Å². The first kappa shape index (κ1) is 25.2. The molecule has 37 heavy (non-hydrogen) atoms. The Labute approximate surface area is 228 Å². The van der Waals surface area contributed by atoms with Crippen LogP contribution >= 0.6 is 15.9 Å². The predicted molar refractivity (Wildman–Crippen MR) is 149 cm³/mol. The van der Waals surface area contributed by atoms with Crippen molar-refractivity contribution >= 4 is 48.2 Å². The lowest BCUT2D eigenvalue weighted by atomic mass is 10.1. The Hall–Kier alpha value is -2.11. The molecule has 7 nitrogen and oxygen atoms in total. The number of imidazole rings is 1. The lowest BCUT2D eigenvalue weighted by molar-refractivity contribution is 0.498. The van der Waals surface area contributed by atoms with E-state index in [1.165, 1.54) is 3.97 Å². The summed E-state index contributed by atoms with van der Waals surface area (Å²) in [4.78, 5) is 5.12. The summed E-state index contributed by atoms with van der Waals surface area (Å²) in [6.45, 7) is 5.70. The Balaban J connectivity index is 1.61. The van der Waals surface area contributed by atoms with Crippen molar-refractivity contribution in [1.29, 1.82) is 0 Å². The fourth-order valence-electron chi connectivity index (χ4n) is 5.33. The van der Waals surface area contributed by atoms with Gasteiger partial charge in [-0.05, 0) is 86.6 Å². The number of hydrogen-bond acceptors (Lipinski definition) is 5. The third-order valence-corrected chi connectivity index (χ3v) is 11.3. The average molecular weight is 602 g/mol. The summed E-state index contributed by atoms with van der Waals surface area (Å²) in [6, 6.07) is 17.1. The molecule has 2 aliphatic rings. The molecule has 3 heterocycles. The quantitative estimate of drug-likeness (QED) is 0.299.